The van der Waals surface area contributed by atoms with Gasteiger partial charge >= 0.3 is 0 Å². The number of fused-ring (bicyclic) bond motifs is 2. The van der Waals surface area contributed by atoms with E-state index >= 15 is 0 Å². The highest BCUT2D eigenvalue weighted by atomic mass is 35.5. The normalized spacial score (nSPS) is 20.8. The SMILES string of the molecule is COc1ccc(Cl)cc1-c1ccc2c(c1)C(=O)N1CCN(C(=O)C3CCCCC3)C[C@@H]1C(=O)N2. The molecule has 3 amide bonds. The summed E-state index contributed by atoms with van der Waals surface area (Å²) in [4.78, 5) is 43.2. The first-order chi connectivity index (χ1) is 16.5. The summed E-state index contributed by atoms with van der Waals surface area (Å²) in [5, 5.41) is 3.47. The standard InChI is InChI=1S/C26H28ClN3O4/c1-34-23-10-8-18(27)14-19(23)17-7-9-21-20(13-17)26(33)30-12-11-29(15-22(30)24(31)28-21)25(32)16-5-3-2-4-6-16/h7-10,13-14,16,22H,2-6,11-12,15H2,1H3,(H,28,31)/t22-/m1/s1. The molecule has 1 N–H and O–H groups in total. The minimum absolute atomic E-state index is 0.0391. The molecule has 0 radical (unpaired) electrons. The zero-order chi connectivity index (χ0) is 23.8. The Labute approximate surface area is 204 Å². The van der Waals surface area contributed by atoms with E-state index in [1.807, 2.05) is 6.07 Å². The number of carbonyl (C=O) groups excluding carboxylic acids is 3. The third-order valence-electron chi connectivity index (χ3n) is 7.19. The van der Waals surface area contributed by atoms with E-state index in [0.29, 0.717) is 35.1 Å². The molecule has 34 heavy (non-hydrogen) atoms. The van der Waals surface area contributed by atoms with Crippen molar-refractivity contribution in [1.29, 1.82) is 0 Å². The molecule has 2 aromatic rings. The lowest BCUT2D eigenvalue weighted by Crippen LogP contribution is -2.60. The molecule has 1 saturated carbocycles. The predicted molar refractivity (Wildman–Crippen MR) is 130 cm³/mol. The van der Waals surface area contributed by atoms with Crippen LogP contribution in [0.5, 0.6) is 5.75 Å². The number of carbonyl (C=O) groups is 3. The third-order valence-corrected chi connectivity index (χ3v) is 7.43. The van der Waals surface area contributed by atoms with Crippen LogP contribution in [0.1, 0.15) is 42.5 Å². The molecule has 0 unspecified atom stereocenters. The summed E-state index contributed by atoms with van der Waals surface area (Å²) in [7, 11) is 1.58. The molecule has 2 heterocycles. The summed E-state index contributed by atoms with van der Waals surface area (Å²) >= 11 is 6.21. The van der Waals surface area contributed by atoms with Crippen LogP contribution in [0.15, 0.2) is 36.4 Å². The van der Waals surface area contributed by atoms with Crippen LogP contribution in [0, 0.1) is 5.92 Å². The number of anilines is 1. The lowest BCUT2D eigenvalue weighted by molar-refractivity contribution is -0.140. The number of piperazine rings is 1. The van der Waals surface area contributed by atoms with Crippen molar-refractivity contribution in [2.45, 2.75) is 38.1 Å². The highest BCUT2D eigenvalue weighted by molar-refractivity contribution is 6.31. The molecule has 1 saturated heterocycles. The molecule has 0 bridgehead atoms. The Bertz CT molecular complexity index is 1140. The van der Waals surface area contributed by atoms with E-state index in [4.69, 9.17) is 16.3 Å². The summed E-state index contributed by atoms with van der Waals surface area (Å²) in [6.45, 7) is 1.01. The molecule has 2 aliphatic heterocycles. The van der Waals surface area contributed by atoms with Gasteiger partial charge in [-0.05, 0) is 48.7 Å². The number of methoxy groups -OCH3 is 1. The zero-order valence-corrected chi connectivity index (χ0v) is 19.9. The summed E-state index contributed by atoms with van der Waals surface area (Å²) in [6.07, 6.45) is 5.16. The second-order valence-corrected chi connectivity index (χ2v) is 9.66. The summed E-state index contributed by atoms with van der Waals surface area (Å²) in [5.41, 5.74) is 2.42. The molecule has 2 fully saturated rings. The smallest absolute Gasteiger partial charge is 0.256 e. The molecular weight excluding hydrogens is 454 g/mol. The van der Waals surface area contributed by atoms with E-state index in [2.05, 4.69) is 5.32 Å². The highest BCUT2D eigenvalue weighted by Crippen LogP contribution is 2.36. The number of ether oxygens (including phenoxy) is 1. The number of rotatable bonds is 3. The molecule has 178 valence electrons. The Balaban J connectivity index is 1.42. The van der Waals surface area contributed by atoms with Gasteiger partial charge in [-0.15, -0.1) is 0 Å². The number of nitrogens with one attached hydrogen (secondary N) is 1. The van der Waals surface area contributed by atoms with Crippen LogP contribution >= 0.6 is 11.6 Å². The molecule has 3 aliphatic rings. The molecule has 7 nitrogen and oxygen atoms in total. The van der Waals surface area contributed by atoms with Crippen molar-refractivity contribution in [3.05, 3.63) is 47.0 Å². The van der Waals surface area contributed by atoms with Crippen LogP contribution in [0.3, 0.4) is 0 Å². The lowest BCUT2D eigenvalue weighted by atomic mass is 9.88. The van der Waals surface area contributed by atoms with E-state index in [0.717, 1.165) is 36.8 Å². The fourth-order valence-corrected chi connectivity index (χ4v) is 5.50. The molecule has 1 atom stereocenters. The van der Waals surface area contributed by atoms with Crippen molar-refractivity contribution in [2.24, 2.45) is 5.92 Å². The van der Waals surface area contributed by atoms with Gasteiger partial charge in [0.15, 0.2) is 0 Å². The molecule has 0 aromatic heterocycles. The lowest BCUT2D eigenvalue weighted by Gasteiger charge is -2.40. The van der Waals surface area contributed by atoms with Crippen molar-refractivity contribution in [1.82, 2.24) is 9.80 Å². The first-order valence-corrected chi connectivity index (χ1v) is 12.2. The fourth-order valence-electron chi connectivity index (χ4n) is 5.33. The minimum Gasteiger partial charge on any atom is -0.496 e. The maximum Gasteiger partial charge on any atom is 0.256 e. The fraction of sp³-hybridized carbons (Fsp3) is 0.423. The van der Waals surface area contributed by atoms with Crippen LogP contribution in [0.2, 0.25) is 5.02 Å². The zero-order valence-electron chi connectivity index (χ0n) is 19.2. The number of hydrogen-bond acceptors (Lipinski definition) is 4. The Morgan fingerprint density at radius 2 is 1.82 bits per heavy atom. The van der Waals surface area contributed by atoms with Gasteiger partial charge in [-0.1, -0.05) is 36.9 Å². The predicted octanol–water partition coefficient (Wildman–Crippen LogP) is 4.20. The van der Waals surface area contributed by atoms with Gasteiger partial charge in [0.2, 0.25) is 11.8 Å². The third kappa shape index (κ3) is 4.13. The van der Waals surface area contributed by atoms with Crippen molar-refractivity contribution in [3.63, 3.8) is 0 Å². The van der Waals surface area contributed by atoms with Gasteiger partial charge in [0, 0.05) is 29.6 Å². The first kappa shape index (κ1) is 22.7. The van der Waals surface area contributed by atoms with Crippen molar-refractivity contribution < 1.29 is 19.1 Å². The van der Waals surface area contributed by atoms with E-state index < -0.39 is 6.04 Å². The average Bonchev–Trinajstić information content (AvgIpc) is 2.97. The molecule has 5 rings (SSSR count). The maximum absolute atomic E-state index is 13.6. The second-order valence-electron chi connectivity index (χ2n) is 9.23. The largest absolute Gasteiger partial charge is 0.496 e. The summed E-state index contributed by atoms with van der Waals surface area (Å²) in [6, 6.07) is 9.97. The monoisotopic (exact) mass is 481 g/mol. The van der Waals surface area contributed by atoms with E-state index in [1.54, 1.807) is 47.2 Å². The van der Waals surface area contributed by atoms with Crippen LogP contribution < -0.4 is 10.1 Å². The quantitative estimate of drug-likeness (QED) is 0.712. The van der Waals surface area contributed by atoms with Crippen LogP contribution in [0.25, 0.3) is 11.1 Å². The number of halogens is 1. The molecule has 1 aliphatic carbocycles. The van der Waals surface area contributed by atoms with Gasteiger partial charge in [-0.2, -0.15) is 0 Å². The Kier molecular flexibility index (Phi) is 6.21. The van der Waals surface area contributed by atoms with Gasteiger partial charge < -0.3 is 19.9 Å². The van der Waals surface area contributed by atoms with Gasteiger partial charge in [0.25, 0.3) is 5.91 Å². The van der Waals surface area contributed by atoms with Crippen LogP contribution in [-0.4, -0.2) is 60.3 Å². The topological polar surface area (TPSA) is 79.0 Å². The number of hydrogen-bond donors (Lipinski definition) is 1. The number of benzene rings is 2. The van der Waals surface area contributed by atoms with E-state index in [-0.39, 0.29) is 30.2 Å². The van der Waals surface area contributed by atoms with Gasteiger partial charge in [-0.3, -0.25) is 14.4 Å². The first-order valence-electron chi connectivity index (χ1n) is 11.8. The van der Waals surface area contributed by atoms with Crippen molar-refractivity contribution in [3.8, 4) is 16.9 Å². The molecule has 2 aromatic carbocycles. The van der Waals surface area contributed by atoms with E-state index in [1.165, 1.54) is 6.42 Å². The molecule has 8 heteroatoms. The summed E-state index contributed by atoms with van der Waals surface area (Å²) < 4.78 is 5.48. The Morgan fingerprint density at radius 1 is 1.03 bits per heavy atom. The minimum atomic E-state index is -0.703. The van der Waals surface area contributed by atoms with Gasteiger partial charge in [-0.25, -0.2) is 0 Å². The van der Waals surface area contributed by atoms with Gasteiger partial charge in [0.05, 0.1) is 24.9 Å². The second kappa shape index (κ2) is 9.29. The van der Waals surface area contributed by atoms with Crippen LogP contribution in [0.4, 0.5) is 5.69 Å². The number of nitrogens with zero attached hydrogens (tertiary/aromatic N) is 2. The van der Waals surface area contributed by atoms with Crippen molar-refractivity contribution in [2.75, 3.05) is 32.1 Å². The Morgan fingerprint density at radius 3 is 2.59 bits per heavy atom. The molecular formula is C26H28ClN3O4. The molecule has 0 spiro atoms. The van der Waals surface area contributed by atoms with Gasteiger partial charge in [0.1, 0.15) is 11.8 Å². The Hall–Kier alpha value is -3.06. The highest BCUT2D eigenvalue weighted by Gasteiger charge is 2.41. The van der Waals surface area contributed by atoms with E-state index in [9.17, 15) is 14.4 Å². The number of amides is 3. The average molecular weight is 482 g/mol. The van der Waals surface area contributed by atoms with Crippen LogP contribution in [-0.2, 0) is 9.59 Å². The summed E-state index contributed by atoms with van der Waals surface area (Å²) in [5.74, 6) is 0.323. The van der Waals surface area contributed by atoms with Crippen molar-refractivity contribution >= 4 is 35.0 Å². The maximum atomic E-state index is 13.6.